The molecule has 0 aliphatic carbocycles. The van der Waals surface area contributed by atoms with Gasteiger partial charge in [-0.1, -0.05) is 12.8 Å². The van der Waals surface area contributed by atoms with Crippen LogP contribution in [0.15, 0.2) is 0 Å². The Morgan fingerprint density at radius 1 is 0.579 bits per heavy atom. The Morgan fingerprint density at radius 2 is 0.895 bits per heavy atom. The number of ether oxygens (including phenoxy) is 3. The molecule has 5 nitrogen and oxygen atoms in total. The SMILES string of the molecule is O=[C-]CCCOCCOCCOCCC[C-]=O.[W].[W]. The van der Waals surface area contributed by atoms with Gasteiger partial charge in [0, 0.05) is 55.3 Å². The maximum Gasteiger partial charge on any atom is 0.0701 e. The van der Waals surface area contributed by atoms with Gasteiger partial charge >= 0.3 is 0 Å². The van der Waals surface area contributed by atoms with Crippen molar-refractivity contribution in [2.75, 3.05) is 39.6 Å². The summed E-state index contributed by atoms with van der Waals surface area (Å²) >= 11 is 0. The summed E-state index contributed by atoms with van der Waals surface area (Å²) in [6.45, 7) is 3.24. The number of unbranched alkanes of at least 4 members (excludes halogenated alkanes) is 2. The molecule has 0 bridgehead atoms. The van der Waals surface area contributed by atoms with Crippen molar-refractivity contribution in [2.24, 2.45) is 0 Å². The maximum absolute atomic E-state index is 9.87. The van der Waals surface area contributed by atoms with E-state index in [1.807, 2.05) is 0 Å². The second-order valence-electron chi connectivity index (χ2n) is 3.33. The summed E-state index contributed by atoms with van der Waals surface area (Å²) in [7, 11) is 0. The van der Waals surface area contributed by atoms with Gasteiger partial charge in [-0.05, 0) is 0 Å². The third kappa shape index (κ3) is 24.0. The van der Waals surface area contributed by atoms with Crippen LogP contribution in [-0.4, -0.2) is 52.2 Å². The van der Waals surface area contributed by atoms with Crippen molar-refractivity contribution in [3.05, 3.63) is 0 Å². The Labute approximate surface area is 143 Å². The molecule has 112 valence electrons. The van der Waals surface area contributed by atoms with E-state index < -0.39 is 0 Å². The molecule has 0 amide bonds. The summed E-state index contributed by atoms with van der Waals surface area (Å²) in [5.41, 5.74) is 0. The van der Waals surface area contributed by atoms with Crippen LogP contribution in [0.5, 0.6) is 0 Å². The van der Waals surface area contributed by atoms with Gasteiger partial charge in [0.15, 0.2) is 0 Å². The Kier molecular flexibility index (Phi) is 30.7. The zero-order valence-electron chi connectivity index (χ0n) is 10.9. The van der Waals surface area contributed by atoms with Crippen molar-refractivity contribution in [2.45, 2.75) is 25.7 Å². The van der Waals surface area contributed by atoms with Gasteiger partial charge in [0.25, 0.3) is 0 Å². The van der Waals surface area contributed by atoms with Gasteiger partial charge in [-0.2, -0.15) is 12.8 Å². The van der Waals surface area contributed by atoms with E-state index in [0.29, 0.717) is 65.3 Å². The van der Waals surface area contributed by atoms with Crippen LogP contribution in [0.3, 0.4) is 0 Å². The molecule has 0 aliphatic heterocycles. The Balaban J connectivity index is -0.00000128. The smallest absolute Gasteiger partial charge is 0.0701 e. The Hall–Kier alpha value is 0.597. The summed E-state index contributed by atoms with van der Waals surface area (Å²) in [5.74, 6) is 0. The van der Waals surface area contributed by atoms with Crippen molar-refractivity contribution in [3.63, 3.8) is 0 Å². The fourth-order valence-corrected chi connectivity index (χ4v) is 1.03. The average molecular weight is 612 g/mol. The van der Waals surface area contributed by atoms with Crippen molar-refractivity contribution < 1.29 is 65.9 Å². The standard InChI is InChI=1S/C12H20O5.2W/c13-5-1-3-7-15-9-11-17-12-10-16-8-4-2-6-14;;/h1-4,7-12H2;;/q-2;;. The van der Waals surface area contributed by atoms with Crippen LogP contribution in [0.25, 0.3) is 0 Å². The van der Waals surface area contributed by atoms with E-state index in [1.54, 1.807) is 12.6 Å². The number of hydrogen-bond acceptors (Lipinski definition) is 5. The van der Waals surface area contributed by atoms with Crippen LogP contribution < -0.4 is 0 Å². The number of hydrogen-bond donors (Lipinski definition) is 0. The minimum absolute atomic E-state index is 0. The van der Waals surface area contributed by atoms with Crippen molar-refractivity contribution >= 4 is 12.6 Å². The van der Waals surface area contributed by atoms with Crippen molar-refractivity contribution in [1.82, 2.24) is 0 Å². The normalized spacial score (nSPS) is 9.26. The first-order valence-electron chi connectivity index (χ1n) is 5.85. The molecule has 7 heteroatoms. The predicted molar refractivity (Wildman–Crippen MR) is 62.3 cm³/mol. The second-order valence-corrected chi connectivity index (χ2v) is 3.33. The first-order valence-corrected chi connectivity index (χ1v) is 5.85. The van der Waals surface area contributed by atoms with Crippen LogP contribution in [-0.2, 0) is 65.9 Å². The first-order chi connectivity index (χ1) is 8.41. The third-order valence-corrected chi connectivity index (χ3v) is 1.88. The maximum atomic E-state index is 9.87. The second kappa shape index (κ2) is 23.7. The Bertz CT molecular complexity index is 164. The molecule has 0 aromatic heterocycles. The van der Waals surface area contributed by atoms with Crippen LogP contribution in [0.2, 0.25) is 0 Å². The third-order valence-electron chi connectivity index (χ3n) is 1.88. The van der Waals surface area contributed by atoms with E-state index in [0.717, 1.165) is 0 Å². The molecule has 19 heavy (non-hydrogen) atoms. The van der Waals surface area contributed by atoms with Gasteiger partial charge in [0.05, 0.1) is 26.4 Å². The van der Waals surface area contributed by atoms with E-state index in [2.05, 4.69) is 0 Å². The van der Waals surface area contributed by atoms with Crippen molar-refractivity contribution in [1.29, 1.82) is 0 Å². The molecule has 0 saturated heterocycles. The first kappa shape index (κ1) is 24.6. The molecule has 0 heterocycles. The van der Waals surface area contributed by atoms with E-state index in [9.17, 15) is 9.59 Å². The zero-order valence-corrected chi connectivity index (χ0v) is 16.8. The van der Waals surface area contributed by atoms with Crippen LogP contribution >= 0.6 is 0 Å². The summed E-state index contributed by atoms with van der Waals surface area (Å²) in [5, 5.41) is 0. The summed E-state index contributed by atoms with van der Waals surface area (Å²) < 4.78 is 15.7. The molecule has 0 unspecified atom stereocenters. The molecule has 0 aliphatic rings. The van der Waals surface area contributed by atoms with Gasteiger partial charge in [-0.3, -0.25) is 12.6 Å². The molecule has 0 saturated carbocycles. The number of rotatable bonds is 14. The minimum Gasteiger partial charge on any atom is -0.542 e. The average Bonchev–Trinajstić information content (AvgIpc) is 2.35. The van der Waals surface area contributed by atoms with Gasteiger partial charge < -0.3 is 23.8 Å². The van der Waals surface area contributed by atoms with E-state index >= 15 is 0 Å². The summed E-state index contributed by atoms with van der Waals surface area (Å²) in [6.07, 6.45) is 5.88. The molecule has 0 spiro atoms. The molecule has 0 aromatic rings. The minimum atomic E-state index is 0. The van der Waals surface area contributed by atoms with Gasteiger partial charge in [0.1, 0.15) is 0 Å². The summed E-state index contributed by atoms with van der Waals surface area (Å²) in [6, 6.07) is 0. The topological polar surface area (TPSA) is 61.8 Å². The van der Waals surface area contributed by atoms with Gasteiger partial charge in [0.2, 0.25) is 0 Å². The van der Waals surface area contributed by atoms with Crippen molar-refractivity contribution in [3.8, 4) is 0 Å². The van der Waals surface area contributed by atoms with Gasteiger partial charge in [-0.25, -0.2) is 0 Å². The summed E-state index contributed by atoms with van der Waals surface area (Å²) in [4.78, 5) is 19.7. The van der Waals surface area contributed by atoms with Gasteiger partial charge in [-0.15, -0.1) is 0 Å². The molecular weight excluding hydrogens is 592 g/mol. The molecule has 0 aromatic carbocycles. The molecule has 0 rings (SSSR count). The molecule has 0 N–H and O–H groups in total. The monoisotopic (exact) mass is 612 g/mol. The van der Waals surface area contributed by atoms with E-state index in [4.69, 9.17) is 14.2 Å². The fourth-order valence-electron chi connectivity index (χ4n) is 1.03. The molecule has 0 atom stereocenters. The largest absolute Gasteiger partial charge is 0.542 e. The quantitative estimate of drug-likeness (QED) is 0.215. The fraction of sp³-hybridized carbons (Fsp3) is 0.833. The molecule has 0 radical (unpaired) electrons. The molecular formula is C12H20O5W2-2. The van der Waals surface area contributed by atoms with Crippen LogP contribution in [0, 0.1) is 0 Å². The van der Waals surface area contributed by atoms with Crippen LogP contribution in [0.1, 0.15) is 25.7 Å². The zero-order chi connectivity index (χ0) is 12.6. The predicted octanol–water partition coefficient (Wildman–Crippen LogP) is 0.811. The number of carbonyl (C=O) groups excluding carboxylic acids is 2. The molecule has 0 fully saturated rings. The van der Waals surface area contributed by atoms with E-state index in [1.165, 1.54) is 0 Å². The van der Waals surface area contributed by atoms with E-state index in [-0.39, 0.29) is 42.1 Å². The Morgan fingerprint density at radius 3 is 1.21 bits per heavy atom. The van der Waals surface area contributed by atoms with Crippen LogP contribution in [0.4, 0.5) is 0 Å².